The first-order valence-corrected chi connectivity index (χ1v) is 8.03. The number of imidazole rings is 1. The van der Waals surface area contributed by atoms with Crippen LogP contribution in [0.3, 0.4) is 0 Å². The second-order valence-corrected chi connectivity index (χ2v) is 6.78. The zero-order chi connectivity index (χ0) is 16.0. The standard InChI is InChI=1S/C16H21N5O2/c1-19(2)7-13-9-20(8-12-6-17-10-21(12)13)16(22)14-5-15(23-18-14)11-3-4-11/h5-6,10-11,13H,3-4,7-9H2,1-2H3. The molecule has 1 aliphatic carbocycles. The van der Waals surface area contributed by atoms with Gasteiger partial charge in [0.05, 0.1) is 24.6 Å². The highest BCUT2D eigenvalue weighted by Crippen LogP contribution is 2.40. The summed E-state index contributed by atoms with van der Waals surface area (Å²) in [5.74, 6) is 1.26. The minimum absolute atomic E-state index is 0.0585. The third-order valence-corrected chi connectivity index (χ3v) is 4.51. The van der Waals surface area contributed by atoms with Gasteiger partial charge in [0, 0.05) is 31.3 Å². The maximum Gasteiger partial charge on any atom is 0.276 e. The molecule has 7 nitrogen and oxygen atoms in total. The summed E-state index contributed by atoms with van der Waals surface area (Å²) in [7, 11) is 4.08. The zero-order valence-corrected chi connectivity index (χ0v) is 13.5. The summed E-state index contributed by atoms with van der Waals surface area (Å²) in [4.78, 5) is 21.0. The van der Waals surface area contributed by atoms with Crippen LogP contribution in [0.5, 0.6) is 0 Å². The lowest BCUT2D eigenvalue weighted by molar-refractivity contribution is 0.0653. The van der Waals surface area contributed by atoms with Gasteiger partial charge >= 0.3 is 0 Å². The Morgan fingerprint density at radius 3 is 3.00 bits per heavy atom. The summed E-state index contributed by atoms with van der Waals surface area (Å²) in [6.07, 6.45) is 5.96. The van der Waals surface area contributed by atoms with E-state index in [9.17, 15) is 4.79 Å². The highest BCUT2D eigenvalue weighted by molar-refractivity contribution is 5.92. The van der Waals surface area contributed by atoms with E-state index < -0.39 is 0 Å². The number of carbonyl (C=O) groups excluding carboxylic acids is 1. The number of likely N-dealkylation sites (N-methyl/N-ethyl adjacent to an activating group) is 1. The fraction of sp³-hybridized carbons (Fsp3) is 0.562. The third-order valence-electron chi connectivity index (χ3n) is 4.51. The van der Waals surface area contributed by atoms with Gasteiger partial charge in [0.15, 0.2) is 5.69 Å². The first kappa shape index (κ1) is 14.4. The lowest BCUT2D eigenvalue weighted by atomic mass is 10.1. The minimum atomic E-state index is -0.0585. The molecule has 3 heterocycles. The largest absolute Gasteiger partial charge is 0.360 e. The van der Waals surface area contributed by atoms with E-state index >= 15 is 0 Å². The second-order valence-electron chi connectivity index (χ2n) is 6.78. The van der Waals surface area contributed by atoms with Gasteiger partial charge in [-0.3, -0.25) is 4.79 Å². The van der Waals surface area contributed by atoms with Crippen LogP contribution in [0.4, 0.5) is 0 Å². The van der Waals surface area contributed by atoms with E-state index in [2.05, 4.69) is 19.6 Å². The topological polar surface area (TPSA) is 67.4 Å². The first-order valence-electron chi connectivity index (χ1n) is 8.03. The molecular weight excluding hydrogens is 294 g/mol. The van der Waals surface area contributed by atoms with Crippen LogP contribution >= 0.6 is 0 Å². The Morgan fingerprint density at radius 2 is 2.26 bits per heavy atom. The lowest BCUT2D eigenvalue weighted by Gasteiger charge is -2.35. The molecule has 7 heteroatoms. The highest BCUT2D eigenvalue weighted by Gasteiger charge is 2.32. The van der Waals surface area contributed by atoms with E-state index in [1.165, 1.54) is 0 Å². The van der Waals surface area contributed by atoms with Crippen LogP contribution in [0.2, 0.25) is 0 Å². The number of aromatic nitrogens is 3. The average molecular weight is 315 g/mol. The van der Waals surface area contributed by atoms with E-state index in [0.29, 0.717) is 24.7 Å². The van der Waals surface area contributed by atoms with E-state index in [1.807, 2.05) is 37.6 Å². The molecule has 2 aromatic heterocycles. The number of rotatable bonds is 4. The predicted octanol–water partition coefficient (Wildman–Crippen LogP) is 1.51. The molecule has 0 radical (unpaired) electrons. The van der Waals surface area contributed by atoms with Gasteiger partial charge in [-0.15, -0.1) is 0 Å². The summed E-state index contributed by atoms with van der Waals surface area (Å²) < 4.78 is 7.49. The number of carbonyl (C=O) groups is 1. The van der Waals surface area contributed by atoms with Gasteiger partial charge in [-0.2, -0.15) is 0 Å². The molecule has 0 N–H and O–H groups in total. The maximum absolute atomic E-state index is 12.8. The first-order chi connectivity index (χ1) is 11.1. The summed E-state index contributed by atoms with van der Waals surface area (Å²) in [5.41, 5.74) is 1.48. The number of fused-ring (bicyclic) bond motifs is 1. The molecular formula is C16H21N5O2. The highest BCUT2D eigenvalue weighted by atomic mass is 16.5. The second kappa shape index (κ2) is 5.49. The Kier molecular flexibility index (Phi) is 3.45. The fourth-order valence-corrected chi connectivity index (χ4v) is 3.22. The van der Waals surface area contributed by atoms with E-state index in [1.54, 1.807) is 0 Å². The van der Waals surface area contributed by atoms with E-state index in [-0.39, 0.29) is 11.9 Å². The molecule has 0 spiro atoms. The average Bonchev–Trinajstić information content (AvgIpc) is 3.07. The fourth-order valence-electron chi connectivity index (χ4n) is 3.22. The van der Waals surface area contributed by atoms with Gasteiger partial charge in [0.25, 0.3) is 5.91 Å². The third kappa shape index (κ3) is 2.76. The Morgan fingerprint density at radius 1 is 1.43 bits per heavy atom. The summed E-state index contributed by atoms with van der Waals surface area (Å²) in [6.45, 7) is 2.08. The Bertz CT molecular complexity index is 716. The molecule has 1 fully saturated rings. The molecule has 23 heavy (non-hydrogen) atoms. The summed E-state index contributed by atoms with van der Waals surface area (Å²) in [6, 6.07) is 2.02. The molecule has 1 amide bonds. The molecule has 1 atom stereocenters. The van der Waals surface area contributed by atoms with Crippen LogP contribution in [-0.4, -0.2) is 57.6 Å². The predicted molar refractivity (Wildman–Crippen MR) is 83.0 cm³/mol. The molecule has 2 aliphatic rings. The number of hydrogen-bond donors (Lipinski definition) is 0. The number of nitrogens with zero attached hydrogens (tertiary/aromatic N) is 5. The molecule has 4 rings (SSSR count). The van der Waals surface area contributed by atoms with Gasteiger partial charge < -0.3 is 18.9 Å². The molecule has 2 aromatic rings. The van der Waals surface area contributed by atoms with Crippen LogP contribution < -0.4 is 0 Å². The molecule has 0 saturated heterocycles. The molecule has 1 saturated carbocycles. The quantitative estimate of drug-likeness (QED) is 0.855. The van der Waals surface area contributed by atoms with Gasteiger partial charge in [-0.25, -0.2) is 4.98 Å². The zero-order valence-electron chi connectivity index (χ0n) is 13.5. The van der Waals surface area contributed by atoms with Crippen LogP contribution in [-0.2, 0) is 6.54 Å². The van der Waals surface area contributed by atoms with Crippen LogP contribution in [0, 0.1) is 0 Å². The van der Waals surface area contributed by atoms with Crippen LogP contribution in [0.1, 0.15) is 46.7 Å². The van der Waals surface area contributed by atoms with Gasteiger partial charge in [-0.05, 0) is 26.9 Å². The molecule has 0 aromatic carbocycles. The minimum Gasteiger partial charge on any atom is -0.360 e. The van der Waals surface area contributed by atoms with Crippen molar-refractivity contribution in [1.29, 1.82) is 0 Å². The van der Waals surface area contributed by atoms with Crippen molar-refractivity contribution in [3.8, 4) is 0 Å². The Labute approximate surface area is 134 Å². The van der Waals surface area contributed by atoms with Crippen molar-refractivity contribution < 1.29 is 9.32 Å². The van der Waals surface area contributed by atoms with Crippen molar-refractivity contribution in [2.24, 2.45) is 0 Å². The smallest absolute Gasteiger partial charge is 0.276 e. The van der Waals surface area contributed by atoms with Crippen molar-refractivity contribution in [2.45, 2.75) is 31.3 Å². The van der Waals surface area contributed by atoms with Gasteiger partial charge in [0.1, 0.15) is 5.76 Å². The summed E-state index contributed by atoms with van der Waals surface area (Å²) in [5, 5.41) is 3.98. The van der Waals surface area contributed by atoms with Crippen molar-refractivity contribution in [1.82, 2.24) is 24.5 Å². The van der Waals surface area contributed by atoms with Crippen molar-refractivity contribution in [3.63, 3.8) is 0 Å². The normalized spacial score (nSPS) is 20.8. The maximum atomic E-state index is 12.8. The van der Waals surface area contributed by atoms with Crippen LogP contribution in [0.15, 0.2) is 23.1 Å². The monoisotopic (exact) mass is 315 g/mol. The van der Waals surface area contributed by atoms with Gasteiger partial charge in [0.2, 0.25) is 0 Å². The van der Waals surface area contributed by atoms with Gasteiger partial charge in [-0.1, -0.05) is 5.16 Å². The Balaban J connectivity index is 1.55. The number of hydrogen-bond acceptors (Lipinski definition) is 5. The lowest BCUT2D eigenvalue weighted by Crippen LogP contribution is -2.43. The molecule has 1 unspecified atom stereocenters. The van der Waals surface area contributed by atoms with Crippen molar-refractivity contribution in [2.75, 3.05) is 27.2 Å². The molecule has 122 valence electrons. The Hall–Kier alpha value is -2.15. The molecule has 1 aliphatic heterocycles. The summed E-state index contributed by atoms with van der Waals surface area (Å²) >= 11 is 0. The molecule has 0 bridgehead atoms. The van der Waals surface area contributed by atoms with E-state index in [0.717, 1.165) is 30.8 Å². The van der Waals surface area contributed by atoms with Crippen molar-refractivity contribution in [3.05, 3.63) is 35.7 Å². The SMILES string of the molecule is CN(C)CC1CN(C(=O)c2cc(C3CC3)on2)Cc2cncn21. The van der Waals surface area contributed by atoms with Crippen molar-refractivity contribution >= 4 is 5.91 Å². The van der Waals surface area contributed by atoms with E-state index in [4.69, 9.17) is 4.52 Å². The number of amides is 1. The van der Waals surface area contributed by atoms with Crippen LogP contribution in [0.25, 0.3) is 0 Å².